The summed E-state index contributed by atoms with van der Waals surface area (Å²) in [6.07, 6.45) is -4.37. The fourth-order valence-corrected chi connectivity index (χ4v) is 2.72. The molecule has 1 saturated heterocycles. The lowest BCUT2D eigenvalue weighted by molar-refractivity contribution is -0.142. The number of anilines is 1. The van der Waals surface area contributed by atoms with Crippen LogP contribution in [0, 0.1) is 0 Å². The number of alkyl halides is 3. The van der Waals surface area contributed by atoms with Gasteiger partial charge in [-0.2, -0.15) is 18.3 Å². The lowest BCUT2D eigenvalue weighted by Crippen LogP contribution is -2.36. The third-order valence-electron chi connectivity index (χ3n) is 3.82. The quantitative estimate of drug-likeness (QED) is 0.824. The SMILES string of the molecule is COCc1nc(-c2ccc(N3CCOCC3)cc2)n(CC(F)(F)F)n1. The number of benzene rings is 1. The van der Waals surface area contributed by atoms with Gasteiger partial charge in [0, 0.05) is 31.5 Å². The van der Waals surface area contributed by atoms with E-state index in [-0.39, 0.29) is 18.3 Å². The molecule has 6 nitrogen and oxygen atoms in total. The molecular formula is C16H19F3N4O2. The normalized spacial score (nSPS) is 15.6. The van der Waals surface area contributed by atoms with Gasteiger partial charge < -0.3 is 14.4 Å². The molecule has 0 N–H and O–H groups in total. The number of hydrogen-bond donors (Lipinski definition) is 0. The average molecular weight is 356 g/mol. The number of ether oxygens (including phenoxy) is 2. The molecule has 25 heavy (non-hydrogen) atoms. The van der Waals surface area contributed by atoms with Crippen molar-refractivity contribution in [3.05, 3.63) is 30.1 Å². The van der Waals surface area contributed by atoms with Crippen LogP contribution in [-0.4, -0.2) is 54.4 Å². The standard InChI is InChI=1S/C16H19F3N4O2/c1-24-10-14-20-15(23(21-14)11-16(17,18)19)12-2-4-13(5-3-12)22-6-8-25-9-7-22/h2-5H,6-11H2,1H3. The van der Waals surface area contributed by atoms with Crippen molar-refractivity contribution in [2.75, 3.05) is 38.3 Å². The van der Waals surface area contributed by atoms with Gasteiger partial charge in [-0.3, -0.25) is 0 Å². The number of rotatable bonds is 5. The predicted octanol–water partition coefficient (Wildman–Crippen LogP) is 2.49. The molecule has 1 aliphatic heterocycles. The summed E-state index contributed by atoms with van der Waals surface area (Å²) in [5.41, 5.74) is 1.59. The van der Waals surface area contributed by atoms with Crippen LogP contribution >= 0.6 is 0 Å². The molecule has 9 heteroatoms. The van der Waals surface area contributed by atoms with Crippen molar-refractivity contribution in [1.29, 1.82) is 0 Å². The van der Waals surface area contributed by atoms with E-state index >= 15 is 0 Å². The van der Waals surface area contributed by atoms with Crippen molar-refractivity contribution in [2.45, 2.75) is 19.3 Å². The summed E-state index contributed by atoms with van der Waals surface area (Å²) in [6, 6.07) is 7.28. The summed E-state index contributed by atoms with van der Waals surface area (Å²) in [5.74, 6) is 0.400. The van der Waals surface area contributed by atoms with E-state index in [1.54, 1.807) is 12.1 Å². The molecular weight excluding hydrogens is 337 g/mol. The second kappa shape index (κ2) is 7.40. The van der Waals surface area contributed by atoms with Crippen molar-refractivity contribution < 1.29 is 22.6 Å². The third-order valence-corrected chi connectivity index (χ3v) is 3.82. The number of morpholine rings is 1. The maximum absolute atomic E-state index is 12.8. The van der Waals surface area contributed by atoms with E-state index in [4.69, 9.17) is 9.47 Å². The Kier molecular flexibility index (Phi) is 5.24. The molecule has 1 aromatic carbocycles. The fraction of sp³-hybridized carbons (Fsp3) is 0.500. The minimum atomic E-state index is -4.37. The summed E-state index contributed by atoms with van der Waals surface area (Å²) in [7, 11) is 1.45. The first-order chi connectivity index (χ1) is 12.0. The molecule has 3 rings (SSSR count). The number of halogens is 3. The third kappa shape index (κ3) is 4.49. The zero-order valence-corrected chi connectivity index (χ0v) is 13.8. The topological polar surface area (TPSA) is 52.4 Å². The minimum Gasteiger partial charge on any atom is -0.378 e. The molecule has 0 spiro atoms. The molecule has 0 atom stereocenters. The lowest BCUT2D eigenvalue weighted by atomic mass is 10.1. The van der Waals surface area contributed by atoms with Gasteiger partial charge in [-0.15, -0.1) is 0 Å². The van der Waals surface area contributed by atoms with E-state index in [0.29, 0.717) is 18.8 Å². The molecule has 2 aromatic rings. The van der Waals surface area contributed by atoms with Crippen molar-refractivity contribution in [3.63, 3.8) is 0 Å². The highest BCUT2D eigenvalue weighted by atomic mass is 19.4. The van der Waals surface area contributed by atoms with Crippen LogP contribution in [0.5, 0.6) is 0 Å². The lowest BCUT2D eigenvalue weighted by Gasteiger charge is -2.28. The van der Waals surface area contributed by atoms with Crippen LogP contribution in [-0.2, 0) is 22.6 Å². The summed E-state index contributed by atoms with van der Waals surface area (Å²) in [4.78, 5) is 6.36. The maximum Gasteiger partial charge on any atom is 0.408 e. The molecule has 0 bridgehead atoms. The molecule has 136 valence electrons. The van der Waals surface area contributed by atoms with E-state index in [9.17, 15) is 13.2 Å². The Balaban J connectivity index is 1.86. The molecule has 0 saturated carbocycles. The Morgan fingerprint density at radius 2 is 1.84 bits per heavy atom. The molecule has 1 aliphatic rings. The second-order valence-electron chi connectivity index (χ2n) is 5.70. The van der Waals surface area contributed by atoms with Gasteiger partial charge in [0.1, 0.15) is 13.2 Å². The zero-order chi connectivity index (χ0) is 17.9. The van der Waals surface area contributed by atoms with Gasteiger partial charge in [0.25, 0.3) is 0 Å². The minimum absolute atomic E-state index is 0.0592. The van der Waals surface area contributed by atoms with Crippen LogP contribution in [0.15, 0.2) is 24.3 Å². The molecule has 1 fully saturated rings. The smallest absolute Gasteiger partial charge is 0.378 e. The van der Waals surface area contributed by atoms with Gasteiger partial charge in [-0.1, -0.05) is 0 Å². The molecule has 0 aliphatic carbocycles. The monoisotopic (exact) mass is 356 g/mol. The molecule has 0 amide bonds. The van der Waals surface area contributed by atoms with E-state index in [1.807, 2.05) is 12.1 Å². The molecule has 0 unspecified atom stereocenters. The van der Waals surface area contributed by atoms with Gasteiger partial charge in [-0.25, -0.2) is 9.67 Å². The van der Waals surface area contributed by atoms with E-state index in [0.717, 1.165) is 23.5 Å². The van der Waals surface area contributed by atoms with Crippen LogP contribution in [0.1, 0.15) is 5.82 Å². The van der Waals surface area contributed by atoms with Crippen LogP contribution in [0.2, 0.25) is 0 Å². The van der Waals surface area contributed by atoms with E-state index in [1.165, 1.54) is 7.11 Å². The van der Waals surface area contributed by atoms with Gasteiger partial charge in [0.2, 0.25) is 0 Å². The Morgan fingerprint density at radius 3 is 2.44 bits per heavy atom. The van der Waals surface area contributed by atoms with Gasteiger partial charge >= 0.3 is 6.18 Å². The van der Waals surface area contributed by atoms with Crippen molar-refractivity contribution in [1.82, 2.24) is 14.8 Å². The van der Waals surface area contributed by atoms with Crippen LogP contribution in [0.3, 0.4) is 0 Å². The van der Waals surface area contributed by atoms with Gasteiger partial charge in [0.15, 0.2) is 11.6 Å². The maximum atomic E-state index is 12.8. The summed E-state index contributed by atoms with van der Waals surface area (Å²) >= 11 is 0. The highest BCUT2D eigenvalue weighted by Gasteiger charge is 2.30. The largest absolute Gasteiger partial charge is 0.408 e. The summed E-state index contributed by atoms with van der Waals surface area (Å²) < 4.78 is 49.5. The number of hydrogen-bond acceptors (Lipinski definition) is 5. The Hall–Kier alpha value is -2.13. The van der Waals surface area contributed by atoms with Crippen molar-refractivity contribution >= 4 is 5.69 Å². The average Bonchev–Trinajstić information content (AvgIpc) is 2.97. The van der Waals surface area contributed by atoms with Crippen molar-refractivity contribution in [2.24, 2.45) is 0 Å². The predicted molar refractivity (Wildman–Crippen MR) is 85.3 cm³/mol. The van der Waals surface area contributed by atoms with E-state index < -0.39 is 12.7 Å². The molecule has 1 aromatic heterocycles. The zero-order valence-electron chi connectivity index (χ0n) is 13.8. The number of aromatic nitrogens is 3. The van der Waals surface area contributed by atoms with Gasteiger partial charge in [0.05, 0.1) is 13.2 Å². The first kappa shape index (κ1) is 17.7. The van der Waals surface area contributed by atoms with Crippen LogP contribution < -0.4 is 4.90 Å². The van der Waals surface area contributed by atoms with Crippen LogP contribution in [0.4, 0.5) is 18.9 Å². The molecule has 2 heterocycles. The first-order valence-electron chi connectivity index (χ1n) is 7.89. The Labute approximate surface area is 143 Å². The van der Waals surface area contributed by atoms with Crippen molar-refractivity contribution in [3.8, 4) is 11.4 Å². The summed E-state index contributed by atoms with van der Waals surface area (Å²) in [6.45, 7) is 1.79. The highest BCUT2D eigenvalue weighted by Crippen LogP contribution is 2.25. The van der Waals surface area contributed by atoms with E-state index in [2.05, 4.69) is 15.0 Å². The molecule has 0 radical (unpaired) electrons. The summed E-state index contributed by atoms with van der Waals surface area (Å²) in [5, 5.41) is 3.91. The highest BCUT2D eigenvalue weighted by molar-refractivity contribution is 5.61. The Morgan fingerprint density at radius 1 is 1.16 bits per heavy atom. The number of methoxy groups -OCH3 is 1. The number of nitrogens with zero attached hydrogens (tertiary/aromatic N) is 4. The Bertz CT molecular complexity index is 694. The van der Waals surface area contributed by atoms with Gasteiger partial charge in [-0.05, 0) is 24.3 Å². The van der Waals surface area contributed by atoms with Crippen LogP contribution in [0.25, 0.3) is 11.4 Å². The fourth-order valence-electron chi connectivity index (χ4n) is 2.72. The second-order valence-corrected chi connectivity index (χ2v) is 5.70. The first-order valence-corrected chi connectivity index (χ1v) is 7.89.